The molecule has 2 aliphatic heterocycles. The molecule has 1 N–H and O–H groups in total. The number of anilines is 1. The highest BCUT2D eigenvalue weighted by molar-refractivity contribution is 7.99. The molecule has 2 heterocycles. The molecule has 1 unspecified atom stereocenters. The molecule has 1 aromatic carbocycles. The van der Waals surface area contributed by atoms with Crippen LogP contribution in [0, 0.1) is 5.92 Å². The van der Waals surface area contributed by atoms with Crippen molar-refractivity contribution in [3.05, 3.63) is 29.8 Å². The first kappa shape index (κ1) is 14.2. The second kappa shape index (κ2) is 7.34. The van der Waals surface area contributed by atoms with Gasteiger partial charge in [0.15, 0.2) is 0 Å². The Morgan fingerprint density at radius 3 is 2.70 bits per heavy atom. The summed E-state index contributed by atoms with van der Waals surface area (Å²) in [6.07, 6.45) is 1.37. The molecule has 0 bridgehead atoms. The molecule has 110 valence electrons. The summed E-state index contributed by atoms with van der Waals surface area (Å²) in [5.41, 5.74) is 2.65. The van der Waals surface area contributed by atoms with Crippen molar-refractivity contribution in [3.63, 3.8) is 0 Å². The van der Waals surface area contributed by atoms with Gasteiger partial charge in [0.2, 0.25) is 0 Å². The molecule has 2 aliphatic rings. The highest BCUT2D eigenvalue weighted by Crippen LogP contribution is 2.23. The van der Waals surface area contributed by atoms with E-state index in [1.54, 1.807) is 0 Å². The van der Waals surface area contributed by atoms with Crippen LogP contribution in [0.15, 0.2) is 24.3 Å². The van der Waals surface area contributed by atoms with Crippen LogP contribution in [0.2, 0.25) is 0 Å². The molecule has 3 rings (SSSR count). The molecule has 1 atom stereocenters. The number of hydrogen-bond donors (Lipinski definition) is 1. The smallest absolute Gasteiger partial charge is 0.0594 e. The zero-order valence-electron chi connectivity index (χ0n) is 12.0. The summed E-state index contributed by atoms with van der Waals surface area (Å²) in [6, 6.07) is 8.94. The van der Waals surface area contributed by atoms with Gasteiger partial charge >= 0.3 is 0 Å². The van der Waals surface area contributed by atoms with E-state index in [4.69, 9.17) is 4.74 Å². The van der Waals surface area contributed by atoms with Gasteiger partial charge in [0.05, 0.1) is 13.2 Å². The van der Waals surface area contributed by atoms with Crippen molar-refractivity contribution in [2.24, 2.45) is 5.92 Å². The first-order valence-corrected chi connectivity index (χ1v) is 8.76. The SMILES string of the molecule is c1cc(NCC2CCSC2)ccc1CN1CCOCC1. The van der Waals surface area contributed by atoms with Crippen LogP contribution in [-0.4, -0.2) is 49.3 Å². The second-order valence-electron chi connectivity index (χ2n) is 5.70. The third-order valence-electron chi connectivity index (χ3n) is 4.08. The molecule has 4 heteroatoms. The maximum atomic E-state index is 5.38. The fourth-order valence-corrected chi connectivity index (χ4v) is 4.04. The Hall–Kier alpha value is -0.710. The number of thioether (sulfide) groups is 1. The van der Waals surface area contributed by atoms with Gasteiger partial charge in [0.25, 0.3) is 0 Å². The van der Waals surface area contributed by atoms with Crippen LogP contribution in [0.25, 0.3) is 0 Å². The Labute approximate surface area is 126 Å². The quantitative estimate of drug-likeness (QED) is 0.902. The minimum atomic E-state index is 0.855. The van der Waals surface area contributed by atoms with E-state index in [2.05, 4.69) is 46.2 Å². The number of rotatable bonds is 5. The van der Waals surface area contributed by atoms with E-state index in [-0.39, 0.29) is 0 Å². The second-order valence-corrected chi connectivity index (χ2v) is 6.85. The summed E-state index contributed by atoms with van der Waals surface area (Å²) >= 11 is 2.08. The van der Waals surface area contributed by atoms with Crippen LogP contribution >= 0.6 is 11.8 Å². The predicted octanol–water partition coefficient (Wildman–Crippen LogP) is 2.68. The van der Waals surface area contributed by atoms with Gasteiger partial charge in [-0.15, -0.1) is 0 Å². The molecule has 0 aromatic heterocycles. The molecule has 0 saturated carbocycles. The van der Waals surface area contributed by atoms with Gasteiger partial charge in [-0.05, 0) is 41.5 Å². The van der Waals surface area contributed by atoms with Crippen LogP contribution < -0.4 is 5.32 Å². The predicted molar refractivity (Wildman–Crippen MR) is 86.5 cm³/mol. The number of hydrogen-bond acceptors (Lipinski definition) is 4. The average molecular weight is 292 g/mol. The van der Waals surface area contributed by atoms with Crippen LogP contribution in [-0.2, 0) is 11.3 Å². The Bertz CT molecular complexity index is 397. The van der Waals surface area contributed by atoms with Crippen LogP contribution in [0.4, 0.5) is 5.69 Å². The lowest BCUT2D eigenvalue weighted by Gasteiger charge is -2.26. The van der Waals surface area contributed by atoms with Gasteiger partial charge in [0.1, 0.15) is 0 Å². The molecular weight excluding hydrogens is 268 g/mol. The van der Waals surface area contributed by atoms with Crippen molar-refractivity contribution in [3.8, 4) is 0 Å². The molecule has 2 saturated heterocycles. The number of benzene rings is 1. The minimum Gasteiger partial charge on any atom is -0.385 e. The first-order valence-electron chi connectivity index (χ1n) is 7.61. The van der Waals surface area contributed by atoms with Gasteiger partial charge in [0, 0.05) is 31.9 Å². The number of nitrogens with zero attached hydrogens (tertiary/aromatic N) is 1. The summed E-state index contributed by atoms with van der Waals surface area (Å²) in [7, 11) is 0. The van der Waals surface area contributed by atoms with Crippen molar-refractivity contribution < 1.29 is 4.74 Å². The minimum absolute atomic E-state index is 0.855. The van der Waals surface area contributed by atoms with Crippen molar-refractivity contribution >= 4 is 17.4 Å². The van der Waals surface area contributed by atoms with E-state index in [9.17, 15) is 0 Å². The van der Waals surface area contributed by atoms with Gasteiger partial charge in [-0.25, -0.2) is 0 Å². The standard InChI is InChI=1S/C16H24N2OS/c1-3-16(17-11-15-5-10-20-13-15)4-2-14(1)12-18-6-8-19-9-7-18/h1-4,15,17H,5-13H2. The topological polar surface area (TPSA) is 24.5 Å². The van der Waals surface area contributed by atoms with Crippen molar-refractivity contribution in [1.29, 1.82) is 0 Å². The van der Waals surface area contributed by atoms with Crippen molar-refractivity contribution in [1.82, 2.24) is 4.90 Å². The molecule has 0 radical (unpaired) electrons. The molecule has 2 fully saturated rings. The van der Waals surface area contributed by atoms with Crippen LogP contribution in [0.5, 0.6) is 0 Å². The fourth-order valence-electron chi connectivity index (χ4n) is 2.75. The molecular formula is C16H24N2OS. The normalized spacial score (nSPS) is 23.9. The van der Waals surface area contributed by atoms with Gasteiger partial charge in [-0.1, -0.05) is 12.1 Å². The summed E-state index contributed by atoms with van der Waals surface area (Å²) < 4.78 is 5.38. The molecule has 1 aromatic rings. The average Bonchev–Trinajstić information content (AvgIpc) is 3.01. The zero-order valence-corrected chi connectivity index (χ0v) is 12.8. The summed E-state index contributed by atoms with van der Waals surface area (Å²) in [5.74, 6) is 3.51. The number of nitrogens with one attached hydrogen (secondary N) is 1. The fraction of sp³-hybridized carbons (Fsp3) is 0.625. The van der Waals surface area contributed by atoms with E-state index in [1.165, 1.54) is 29.2 Å². The molecule has 0 amide bonds. The van der Waals surface area contributed by atoms with Crippen molar-refractivity contribution in [2.75, 3.05) is 49.7 Å². The van der Waals surface area contributed by atoms with E-state index in [0.29, 0.717) is 0 Å². The van der Waals surface area contributed by atoms with E-state index < -0.39 is 0 Å². The van der Waals surface area contributed by atoms with Gasteiger partial charge in [-0.2, -0.15) is 11.8 Å². The van der Waals surface area contributed by atoms with Crippen LogP contribution in [0.1, 0.15) is 12.0 Å². The third-order valence-corrected chi connectivity index (χ3v) is 5.31. The van der Waals surface area contributed by atoms with E-state index in [1.807, 2.05) is 0 Å². The lowest BCUT2D eigenvalue weighted by molar-refractivity contribution is 0.0342. The monoisotopic (exact) mass is 292 g/mol. The zero-order chi connectivity index (χ0) is 13.6. The molecule has 0 aliphatic carbocycles. The Morgan fingerprint density at radius 2 is 2.00 bits per heavy atom. The summed E-state index contributed by atoms with van der Waals surface area (Å²) in [6.45, 7) is 6.02. The Morgan fingerprint density at radius 1 is 1.20 bits per heavy atom. The third kappa shape index (κ3) is 4.14. The lowest BCUT2D eigenvalue weighted by atomic mass is 10.1. The largest absolute Gasteiger partial charge is 0.385 e. The summed E-state index contributed by atoms with van der Waals surface area (Å²) in [4.78, 5) is 2.46. The molecule has 0 spiro atoms. The number of ether oxygens (including phenoxy) is 1. The lowest BCUT2D eigenvalue weighted by Crippen LogP contribution is -2.35. The van der Waals surface area contributed by atoms with Gasteiger partial charge in [-0.3, -0.25) is 4.90 Å². The first-order chi connectivity index (χ1) is 9.90. The Balaban J connectivity index is 1.46. The Kier molecular flexibility index (Phi) is 5.23. The maximum absolute atomic E-state index is 5.38. The number of morpholine rings is 1. The highest BCUT2D eigenvalue weighted by atomic mass is 32.2. The summed E-state index contributed by atoms with van der Waals surface area (Å²) in [5, 5.41) is 3.57. The molecule has 3 nitrogen and oxygen atoms in total. The highest BCUT2D eigenvalue weighted by Gasteiger charge is 2.15. The van der Waals surface area contributed by atoms with Gasteiger partial charge < -0.3 is 10.1 Å². The maximum Gasteiger partial charge on any atom is 0.0594 e. The van der Waals surface area contributed by atoms with Crippen LogP contribution in [0.3, 0.4) is 0 Å². The van der Waals surface area contributed by atoms with E-state index >= 15 is 0 Å². The van der Waals surface area contributed by atoms with E-state index in [0.717, 1.165) is 45.3 Å². The molecule has 20 heavy (non-hydrogen) atoms. The van der Waals surface area contributed by atoms with Crippen molar-refractivity contribution in [2.45, 2.75) is 13.0 Å².